The molecule has 3 atom stereocenters. The second-order valence-electron chi connectivity index (χ2n) is 6.65. The molecule has 0 aromatic rings. The summed E-state index contributed by atoms with van der Waals surface area (Å²) in [6, 6.07) is -0.257. The largest absolute Gasteiger partial charge is 0.481 e. The Bertz CT molecular complexity index is 336. The molecule has 1 saturated carbocycles. The molecule has 0 saturated heterocycles. The second-order valence-corrected chi connectivity index (χ2v) is 6.65. The lowest BCUT2D eigenvalue weighted by atomic mass is 9.82. The number of carbonyl (C=O) groups is 2. The van der Waals surface area contributed by atoms with Gasteiger partial charge < -0.3 is 16.2 Å². The van der Waals surface area contributed by atoms with Gasteiger partial charge in [-0.3, -0.25) is 9.59 Å². The van der Waals surface area contributed by atoms with E-state index in [1.807, 2.05) is 20.8 Å². The molecule has 0 bridgehead atoms. The molecule has 5 nitrogen and oxygen atoms in total. The van der Waals surface area contributed by atoms with Gasteiger partial charge in [-0.05, 0) is 24.7 Å². The number of carboxylic acid groups (broad SMARTS) is 1. The molecule has 1 aliphatic rings. The lowest BCUT2D eigenvalue weighted by Gasteiger charge is -2.33. The molecule has 3 unspecified atom stereocenters. The van der Waals surface area contributed by atoms with Crippen molar-refractivity contribution in [2.75, 3.05) is 0 Å². The minimum Gasteiger partial charge on any atom is -0.481 e. The number of hydrogen-bond donors (Lipinski definition) is 3. The van der Waals surface area contributed by atoms with E-state index in [4.69, 9.17) is 10.8 Å². The summed E-state index contributed by atoms with van der Waals surface area (Å²) < 4.78 is 0. The summed E-state index contributed by atoms with van der Waals surface area (Å²) in [6.07, 6.45) is 3.45. The van der Waals surface area contributed by atoms with Crippen LogP contribution in [-0.4, -0.2) is 29.1 Å². The van der Waals surface area contributed by atoms with E-state index >= 15 is 0 Å². The van der Waals surface area contributed by atoms with Crippen LogP contribution in [0.1, 0.15) is 52.9 Å². The number of nitrogens with two attached hydrogens (primary N) is 1. The van der Waals surface area contributed by atoms with Crippen molar-refractivity contribution >= 4 is 11.9 Å². The minimum atomic E-state index is -0.888. The quantitative estimate of drug-likeness (QED) is 0.722. The Kier molecular flexibility index (Phi) is 5.35. The normalized spacial score (nSPS) is 25.7. The van der Waals surface area contributed by atoms with E-state index in [1.54, 1.807) is 0 Å². The summed E-state index contributed by atoms with van der Waals surface area (Å²) in [4.78, 5) is 23.1. The fourth-order valence-corrected chi connectivity index (χ4v) is 2.50. The van der Waals surface area contributed by atoms with Gasteiger partial charge in [0.1, 0.15) is 0 Å². The van der Waals surface area contributed by atoms with Gasteiger partial charge in [0, 0.05) is 18.0 Å². The SMILES string of the molecule is CC(C)(C)C(CC(=O)O)NC(=O)C1CCCC(N)C1. The molecular formula is C14H26N2O3. The predicted molar refractivity (Wildman–Crippen MR) is 73.6 cm³/mol. The molecule has 0 aromatic heterocycles. The third-order valence-electron chi connectivity index (χ3n) is 3.83. The lowest BCUT2D eigenvalue weighted by molar-refractivity contribution is -0.138. The van der Waals surface area contributed by atoms with Crippen molar-refractivity contribution in [1.82, 2.24) is 5.32 Å². The van der Waals surface area contributed by atoms with Gasteiger partial charge in [-0.2, -0.15) is 0 Å². The van der Waals surface area contributed by atoms with Gasteiger partial charge in [-0.25, -0.2) is 0 Å². The number of rotatable bonds is 4. The number of hydrogen-bond acceptors (Lipinski definition) is 3. The average molecular weight is 270 g/mol. The standard InChI is InChI=1S/C14H26N2O3/c1-14(2,3)11(8-12(17)18)16-13(19)9-5-4-6-10(15)7-9/h9-11H,4-8,15H2,1-3H3,(H,16,19)(H,17,18). The number of carbonyl (C=O) groups excluding carboxylic acids is 1. The van der Waals surface area contributed by atoms with E-state index in [0.717, 1.165) is 19.3 Å². The molecular weight excluding hydrogens is 244 g/mol. The van der Waals surface area contributed by atoms with Gasteiger partial charge in [-0.15, -0.1) is 0 Å². The Labute approximate surface area is 114 Å². The molecule has 0 radical (unpaired) electrons. The van der Waals surface area contributed by atoms with E-state index < -0.39 is 5.97 Å². The smallest absolute Gasteiger partial charge is 0.305 e. The average Bonchev–Trinajstić information content (AvgIpc) is 2.26. The van der Waals surface area contributed by atoms with Crippen LogP contribution in [0.5, 0.6) is 0 Å². The summed E-state index contributed by atoms with van der Waals surface area (Å²) in [5.74, 6) is -1.00. The van der Waals surface area contributed by atoms with Crippen molar-refractivity contribution in [2.24, 2.45) is 17.1 Å². The molecule has 0 aromatic carbocycles. The summed E-state index contributed by atoms with van der Waals surface area (Å²) in [7, 11) is 0. The highest BCUT2D eigenvalue weighted by Gasteiger charge is 2.32. The third kappa shape index (κ3) is 5.19. The monoisotopic (exact) mass is 270 g/mol. The van der Waals surface area contributed by atoms with Gasteiger partial charge in [-0.1, -0.05) is 27.2 Å². The van der Waals surface area contributed by atoms with Gasteiger partial charge in [0.2, 0.25) is 5.91 Å². The molecule has 19 heavy (non-hydrogen) atoms. The number of amides is 1. The molecule has 110 valence electrons. The molecule has 0 heterocycles. The van der Waals surface area contributed by atoms with E-state index in [9.17, 15) is 9.59 Å². The van der Waals surface area contributed by atoms with E-state index in [-0.39, 0.29) is 35.7 Å². The highest BCUT2D eigenvalue weighted by molar-refractivity contribution is 5.80. The molecule has 1 amide bonds. The maximum Gasteiger partial charge on any atom is 0.305 e. The molecule has 1 rings (SSSR count). The Morgan fingerprint density at radius 1 is 1.37 bits per heavy atom. The maximum atomic E-state index is 12.2. The van der Waals surface area contributed by atoms with Crippen LogP contribution in [0.15, 0.2) is 0 Å². The number of nitrogens with one attached hydrogen (secondary N) is 1. The lowest BCUT2D eigenvalue weighted by Crippen LogP contribution is -2.48. The number of carboxylic acids is 1. The topological polar surface area (TPSA) is 92.4 Å². The Balaban J connectivity index is 2.62. The fourth-order valence-electron chi connectivity index (χ4n) is 2.50. The van der Waals surface area contributed by atoms with E-state index in [1.165, 1.54) is 0 Å². The molecule has 0 aliphatic heterocycles. The van der Waals surface area contributed by atoms with Gasteiger partial charge in [0.05, 0.1) is 6.42 Å². The summed E-state index contributed by atoms with van der Waals surface area (Å²) in [5.41, 5.74) is 5.61. The summed E-state index contributed by atoms with van der Waals surface area (Å²) in [6.45, 7) is 5.81. The highest BCUT2D eigenvalue weighted by Crippen LogP contribution is 2.26. The summed E-state index contributed by atoms with van der Waals surface area (Å²) in [5, 5.41) is 11.8. The molecule has 1 aliphatic carbocycles. The maximum absolute atomic E-state index is 12.2. The third-order valence-corrected chi connectivity index (χ3v) is 3.83. The van der Waals surface area contributed by atoms with Crippen LogP contribution < -0.4 is 11.1 Å². The van der Waals surface area contributed by atoms with E-state index in [0.29, 0.717) is 6.42 Å². The molecule has 4 N–H and O–H groups in total. The van der Waals surface area contributed by atoms with Crippen LogP contribution in [-0.2, 0) is 9.59 Å². The van der Waals surface area contributed by atoms with Crippen LogP contribution >= 0.6 is 0 Å². The molecule has 0 spiro atoms. The van der Waals surface area contributed by atoms with Crippen molar-refractivity contribution in [3.63, 3.8) is 0 Å². The Hall–Kier alpha value is -1.10. The number of aliphatic carboxylic acids is 1. The van der Waals surface area contributed by atoms with Gasteiger partial charge in [0.15, 0.2) is 0 Å². The first-order chi connectivity index (χ1) is 8.70. The van der Waals surface area contributed by atoms with Crippen molar-refractivity contribution in [2.45, 2.75) is 65.0 Å². The van der Waals surface area contributed by atoms with Crippen molar-refractivity contribution < 1.29 is 14.7 Å². The van der Waals surface area contributed by atoms with Crippen LogP contribution in [0.3, 0.4) is 0 Å². The van der Waals surface area contributed by atoms with Gasteiger partial charge >= 0.3 is 5.97 Å². The van der Waals surface area contributed by atoms with Crippen molar-refractivity contribution in [3.05, 3.63) is 0 Å². The van der Waals surface area contributed by atoms with Crippen LogP contribution in [0.4, 0.5) is 0 Å². The summed E-state index contributed by atoms with van der Waals surface area (Å²) >= 11 is 0. The van der Waals surface area contributed by atoms with Crippen LogP contribution in [0, 0.1) is 11.3 Å². The molecule has 1 fully saturated rings. The Morgan fingerprint density at radius 2 is 2.00 bits per heavy atom. The first-order valence-corrected chi connectivity index (χ1v) is 6.98. The highest BCUT2D eigenvalue weighted by atomic mass is 16.4. The fraction of sp³-hybridized carbons (Fsp3) is 0.857. The first-order valence-electron chi connectivity index (χ1n) is 6.98. The minimum absolute atomic E-state index is 0.0451. The van der Waals surface area contributed by atoms with Crippen LogP contribution in [0.25, 0.3) is 0 Å². The van der Waals surface area contributed by atoms with Crippen LogP contribution in [0.2, 0.25) is 0 Å². The zero-order chi connectivity index (χ0) is 14.6. The Morgan fingerprint density at radius 3 is 2.47 bits per heavy atom. The van der Waals surface area contributed by atoms with E-state index in [2.05, 4.69) is 5.32 Å². The first kappa shape index (κ1) is 16.0. The second kappa shape index (κ2) is 6.37. The zero-order valence-electron chi connectivity index (χ0n) is 12.1. The van der Waals surface area contributed by atoms with Crippen molar-refractivity contribution in [3.8, 4) is 0 Å². The molecule has 5 heteroatoms. The zero-order valence-corrected chi connectivity index (χ0v) is 12.1. The van der Waals surface area contributed by atoms with Crippen molar-refractivity contribution in [1.29, 1.82) is 0 Å². The predicted octanol–water partition coefficient (Wildman–Crippen LogP) is 1.51. The van der Waals surface area contributed by atoms with Gasteiger partial charge in [0.25, 0.3) is 0 Å².